The molecule has 3 heterocycles. The Hall–Kier alpha value is -4.01. The highest BCUT2D eigenvalue weighted by atomic mass is 16.5. The number of imidazole rings is 1. The van der Waals surface area contributed by atoms with E-state index in [4.69, 9.17) is 9.26 Å². The molecule has 0 saturated heterocycles. The van der Waals surface area contributed by atoms with Gasteiger partial charge in [0, 0.05) is 30.4 Å². The van der Waals surface area contributed by atoms with Gasteiger partial charge in [-0.15, -0.1) is 0 Å². The highest BCUT2D eigenvalue weighted by molar-refractivity contribution is 5.92. The third-order valence-corrected chi connectivity index (χ3v) is 5.31. The predicted octanol–water partition coefficient (Wildman–Crippen LogP) is 3.91. The van der Waals surface area contributed by atoms with Crippen LogP contribution in [-0.4, -0.2) is 37.2 Å². The van der Waals surface area contributed by atoms with Gasteiger partial charge in [-0.25, -0.2) is 9.97 Å². The minimum atomic E-state index is -0.262. The van der Waals surface area contributed by atoms with Crippen molar-refractivity contribution in [3.8, 4) is 23.0 Å². The number of nitrogens with zero attached hydrogens (tertiary/aromatic N) is 5. The molecule has 0 atom stereocenters. The average Bonchev–Trinajstić information content (AvgIpc) is 3.37. The van der Waals surface area contributed by atoms with Gasteiger partial charge in [0.15, 0.2) is 5.82 Å². The first-order valence-electron chi connectivity index (χ1n) is 11.0. The Kier molecular flexibility index (Phi) is 5.84. The number of amides is 1. The summed E-state index contributed by atoms with van der Waals surface area (Å²) >= 11 is 0. The van der Waals surface area contributed by atoms with Gasteiger partial charge in [0.05, 0.1) is 6.61 Å². The van der Waals surface area contributed by atoms with Crippen LogP contribution < -0.4 is 10.1 Å². The second kappa shape index (κ2) is 9.23. The summed E-state index contributed by atoms with van der Waals surface area (Å²) in [6.07, 6.45) is 8.05. The molecule has 1 N–H and O–H groups in total. The first-order chi connectivity index (χ1) is 16.2. The van der Waals surface area contributed by atoms with Crippen molar-refractivity contribution in [3.63, 3.8) is 0 Å². The summed E-state index contributed by atoms with van der Waals surface area (Å²) in [7, 11) is 0. The molecule has 33 heavy (non-hydrogen) atoms. The van der Waals surface area contributed by atoms with Gasteiger partial charge in [0.25, 0.3) is 11.8 Å². The van der Waals surface area contributed by atoms with E-state index in [0.29, 0.717) is 36.5 Å². The lowest BCUT2D eigenvalue weighted by molar-refractivity contribution is 0.0946. The summed E-state index contributed by atoms with van der Waals surface area (Å²) in [5.74, 6) is 2.81. The van der Waals surface area contributed by atoms with E-state index in [-0.39, 0.29) is 5.91 Å². The van der Waals surface area contributed by atoms with E-state index in [9.17, 15) is 4.79 Å². The number of hydrogen-bond acceptors (Lipinski definition) is 7. The molecule has 0 bridgehead atoms. The van der Waals surface area contributed by atoms with Crippen LogP contribution in [0.4, 0.5) is 0 Å². The Morgan fingerprint density at radius 3 is 2.85 bits per heavy atom. The lowest BCUT2D eigenvalue weighted by Crippen LogP contribution is -2.23. The van der Waals surface area contributed by atoms with Gasteiger partial charge < -0.3 is 14.6 Å². The number of pyridine rings is 1. The Bertz CT molecular complexity index is 1240. The van der Waals surface area contributed by atoms with Crippen LogP contribution in [0.3, 0.4) is 0 Å². The second-order valence-corrected chi connectivity index (χ2v) is 7.98. The minimum absolute atomic E-state index is 0.262. The number of carbonyl (C=O) groups is 1. The number of nitrogens with one attached hydrogen (secondary N) is 1. The van der Waals surface area contributed by atoms with E-state index in [1.807, 2.05) is 36.4 Å². The Balaban J connectivity index is 1.22. The third kappa shape index (κ3) is 4.92. The molecular formula is C24H24N6O3. The second-order valence-electron chi connectivity index (χ2n) is 7.98. The molecule has 4 aromatic rings. The van der Waals surface area contributed by atoms with Crippen molar-refractivity contribution in [2.75, 3.05) is 6.61 Å². The van der Waals surface area contributed by atoms with Crippen molar-refractivity contribution in [2.24, 2.45) is 0 Å². The minimum Gasteiger partial charge on any atom is -0.494 e. The molecule has 9 nitrogen and oxygen atoms in total. The van der Waals surface area contributed by atoms with E-state index in [2.05, 4.69) is 32.3 Å². The standard InChI is InChI=1S/C24H24N6O3/c1-2-11-32-19-7-3-16(4-8-19)13-26-23(31)20-14-30(15-27-20)21-12-18(9-10-25-21)24-28-22(29-33-24)17-5-6-17/h3-4,7-10,12,14-15,17H,2,5-6,11,13H2,1H3,(H,26,31). The molecule has 1 fully saturated rings. The molecule has 0 spiro atoms. The van der Waals surface area contributed by atoms with Gasteiger partial charge in [-0.1, -0.05) is 24.2 Å². The zero-order valence-electron chi connectivity index (χ0n) is 18.3. The lowest BCUT2D eigenvalue weighted by atomic mass is 10.2. The molecule has 5 rings (SSSR count). The van der Waals surface area contributed by atoms with Crippen LogP contribution in [0.2, 0.25) is 0 Å². The zero-order chi connectivity index (χ0) is 22.6. The number of hydrogen-bond donors (Lipinski definition) is 1. The van der Waals surface area contributed by atoms with Crippen molar-refractivity contribution in [2.45, 2.75) is 38.6 Å². The molecule has 168 valence electrons. The largest absolute Gasteiger partial charge is 0.494 e. The first-order valence-corrected chi connectivity index (χ1v) is 11.0. The van der Waals surface area contributed by atoms with Crippen molar-refractivity contribution >= 4 is 5.91 Å². The summed E-state index contributed by atoms with van der Waals surface area (Å²) in [6.45, 7) is 3.15. The highest BCUT2D eigenvalue weighted by Crippen LogP contribution is 2.38. The number of aromatic nitrogens is 5. The first kappa shape index (κ1) is 20.9. The number of rotatable bonds is 9. The monoisotopic (exact) mass is 444 g/mol. The van der Waals surface area contributed by atoms with Crippen LogP contribution in [0.5, 0.6) is 5.75 Å². The van der Waals surface area contributed by atoms with Gasteiger partial charge >= 0.3 is 0 Å². The molecule has 0 unspecified atom stereocenters. The lowest BCUT2D eigenvalue weighted by Gasteiger charge is -2.07. The van der Waals surface area contributed by atoms with Gasteiger partial charge in [-0.05, 0) is 49.1 Å². The summed E-state index contributed by atoms with van der Waals surface area (Å²) in [5.41, 5.74) is 2.05. The fourth-order valence-corrected chi connectivity index (χ4v) is 3.31. The van der Waals surface area contributed by atoms with E-state index in [1.165, 1.54) is 0 Å². The molecule has 1 aliphatic carbocycles. The third-order valence-electron chi connectivity index (χ3n) is 5.31. The van der Waals surface area contributed by atoms with Crippen molar-refractivity contribution in [1.82, 2.24) is 30.0 Å². The van der Waals surface area contributed by atoms with E-state index < -0.39 is 0 Å². The van der Waals surface area contributed by atoms with Gasteiger partial charge in [0.1, 0.15) is 23.6 Å². The highest BCUT2D eigenvalue weighted by Gasteiger charge is 2.29. The Labute approximate surface area is 190 Å². The number of ether oxygens (including phenoxy) is 1. The summed E-state index contributed by atoms with van der Waals surface area (Å²) in [6, 6.07) is 11.3. The molecule has 0 radical (unpaired) electrons. The maximum Gasteiger partial charge on any atom is 0.271 e. The maximum atomic E-state index is 12.6. The van der Waals surface area contributed by atoms with E-state index >= 15 is 0 Å². The van der Waals surface area contributed by atoms with Crippen LogP contribution in [0.25, 0.3) is 17.3 Å². The summed E-state index contributed by atoms with van der Waals surface area (Å²) in [5, 5.41) is 6.95. The zero-order valence-corrected chi connectivity index (χ0v) is 18.3. The summed E-state index contributed by atoms with van der Waals surface area (Å²) < 4.78 is 12.7. The van der Waals surface area contributed by atoms with Crippen LogP contribution in [0.15, 0.2) is 59.6 Å². The summed E-state index contributed by atoms with van der Waals surface area (Å²) in [4.78, 5) is 25.7. The van der Waals surface area contributed by atoms with Gasteiger partial charge in [-0.2, -0.15) is 4.98 Å². The molecule has 9 heteroatoms. The molecule has 1 aliphatic rings. The molecule has 1 saturated carbocycles. The Morgan fingerprint density at radius 1 is 1.21 bits per heavy atom. The van der Waals surface area contributed by atoms with E-state index in [0.717, 1.165) is 42.0 Å². The van der Waals surface area contributed by atoms with Crippen LogP contribution in [0.1, 0.15) is 54.0 Å². The normalized spacial score (nSPS) is 13.1. The van der Waals surface area contributed by atoms with Crippen molar-refractivity contribution in [3.05, 3.63) is 72.2 Å². The van der Waals surface area contributed by atoms with Crippen LogP contribution in [-0.2, 0) is 6.54 Å². The molecular weight excluding hydrogens is 420 g/mol. The van der Waals surface area contributed by atoms with Gasteiger partial charge in [-0.3, -0.25) is 9.36 Å². The number of carbonyl (C=O) groups excluding carboxylic acids is 1. The molecule has 3 aromatic heterocycles. The van der Waals surface area contributed by atoms with Gasteiger partial charge in [0.2, 0.25) is 0 Å². The van der Waals surface area contributed by atoms with Crippen LogP contribution >= 0.6 is 0 Å². The van der Waals surface area contributed by atoms with Crippen molar-refractivity contribution in [1.29, 1.82) is 0 Å². The maximum absolute atomic E-state index is 12.6. The average molecular weight is 444 g/mol. The molecule has 0 aliphatic heterocycles. The smallest absolute Gasteiger partial charge is 0.271 e. The quantitative estimate of drug-likeness (QED) is 0.417. The Morgan fingerprint density at radius 2 is 2.06 bits per heavy atom. The SMILES string of the molecule is CCCOc1ccc(CNC(=O)c2cn(-c3cc(-c4nc(C5CC5)no4)ccn3)cn2)cc1. The molecule has 1 aromatic carbocycles. The topological polar surface area (TPSA) is 108 Å². The molecule has 1 amide bonds. The predicted molar refractivity (Wildman–Crippen MR) is 120 cm³/mol. The van der Waals surface area contributed by atoms with Crippen molar-refractivity contribution < 1.29 is 14.1 Å². The number of benzene rings is 1. The fraction of sp³-hybridized carbons (Fsp3) is 0.292. The fourth-order valence-electron chi connectivity index (χ4n) is 3.31. The van der Waals surface area contributed by atoms with E-state index in [1.54, 1.807) is 23.3 Å². The van der Waals surface area contributed by atoms with Crippen LogP contribution in [0, 0.1) is 0 Å².